The van der Waals surface area contributed by atoms with Crippen molar-refractivity contribution in [2.45, 2.75) is 81.9 Å². The Kier molecular flexibility index (Phi) is 8.91. The summed E-state index contributed by atoms with van der Waals surface area (Å²) < 4.78 is -1.19. The zero-order valence-electron chi connectivity index (χ0n) is 24.7. The molecular formula is C32H45N3O4S. The standard InChI is InChI=1S/C32H45N3O4S/c1-8-16-33(17-9-2)28(37)25-26-29(38)35(23(11-4)20-36)27(32(26)15-14-31(25,7)40-32)30(39)34(18-10-3)24-19-21(5)12-13-22(24)6/h8,10,12-13,19,23,25-27,36H,1,3,9,11,14-18,20H2,2,4-7H3/t23-,25-,26-,27?,31+,32?/m0/s1. The first-order valence-electron chi connectivity index (χ1n) is 14.6. The van der Waals surface area contributed by atoms with Gasteiger partial charge in [-0.05, 0) is 63.6 Å². The maximum atomic E-state index is 14.8. The molecule has 3 fully saturated rings. The summed E-state index contributed by atoms with van der Waals surface area (Å²) in [5.41, 5.74) is 2.79. The third kappa shape index (κ3) is 4.71. The van der Waals surface area contributed by atoms with Gasteiger partial charge in [-0.1, -0.05) is 38.1 Å². The number of rotatable bonds is 12. The number of aliphatic hydroxyl groups is 1. The summed E-state index contributed by atoms with van der Waals surface area (Å²) in [7, 11) is 0. The lowest BCUT2D eigenvalue weighted by atomic mass is 9.66. The lowest BCUT2D eigenvalue weighted by Crippen LogP contribution is -2.57. The van der Waals surface area contributed by atoms with E-state index in [1.54, 1.807) is 33.7 Å². The zero-order valence-corrected chi connectivity index (χ0v) is 25.5. The molecule has 2 bridgehead atoms. The molecule has 6 atom stereocenters. The summed E-state index contributed by atoms with van der Waals surface area (Å²) in [6.07, 6.45) is 6.19. The van der Waals surface area contributed by atoms with Crippen LogP contribution in [0.2, 0.25) is 0 Å². The molecule has 3 aliphatic heterocycles. The predicted octanol–water partition coefficient (Wildman–Crippen LogP) is 4.50. The van der Waals surface area contributed by atoms with Gasteiger partial charge in [0.25, 0.3) is 5.91 Å². The molecule has 2 unspecified atom stereocenters. The van der Waals surface area contributed by atoms with E-state index < -0.39 is 33.4 Å². The number of benzene rings is 1. The van der Waals surface area contributed by atoms with E-state index in [2.05, 4.69) is 20.1 Å². The number of nitrogens with zero attached hydrogens (tertiary/aromatic N) is 3. The van der Waals surface area contributed by atoms with E-state index in [4.69, 9.17) is 0 Å². The monoisotopic (exact) mass is 567 g/mol. The van der Waals surface area contributed by atoms with Crippen LogP contribution in [-0.2, 0) is 14.4 Å². The van der Waals surface area contributed by atoms with Gasteiger partial charge in [0.2, 0.25) is 11.8 Å². The van der Waals surface area contributed by atoms with E-state index in [1.165, 1.54) is 0 Å². The summed E-state index contributed by atoms with van der Waals surface area (Å²) in [6, 6.07) is 4.73. The maximum Gasteiger partial charge on any atom is 0.251 e. The van der Waals surface area contributed by atoms with E-state index in [1.807, 2.05) is 50.8 Å². The number of thioether (sulfide) groups is 1. The van der Waals surface area contributed by atoms with Crippen molar-refractivity contribution in [1.29, 1.82) is 0 Å². The van der Waals surface area contributed by atoms with Crippen LogP contribution in [0.5, 0.6) is 0 Å². The summed E-state index contributed by atoms with van der Waals surface area (Å²) in [6.45, 7) is 18.9. The SMILES string of the molecule is C=CCN(CCC)C(=O)[C@@H]1[C@H]2C(=O)N([C@@H](CC)CO)C(C(=O)N(CC=C)c3cc(C)ccc3C)C23CC[C@@]1(C)S3. The fraction of sp³-hybridized carbons (Fsp3) is 0.594. The fourth-order valence-corrected chi connectivity index (χ4v) is 9.66. The van der Waals surface area contributed by atoms with Crippen LogP contribution in [0.25, 0.3) is 0 Å². The van der Waals surface area contributed by atoms with E-state index in [-0.39, 0.29) is 24.3 Å². The highest BCUT2D eigenvalue weighted by atomic mass is 32.2. The van der Waals surface area contributed by atoms with Gasteiger partial charge in [0, 0.05) is 30.1 Å². The van der Waals surface area contributed by atoms with E-state index >= 15 is 0 Å². The van der Waals surface area contributed by atoms with E-state index in [9.17, 15) is 19.5 Å². The molecule has 1 aromatic carbocycles. The fourth-order valence-electron chi connectivity index (χ4n) is 7.33. The molecule has 4 rings (SSSR count). The molecule has 7 nitrogen and oxygen atoms in total. The Morgan fingerprint density at radius 2 is 1.88 bits per heavy atom. The Hall–Kier alpha value is -2.58. The Morgan fingerprint density at radius 1 is 1.18 bits per heavy atom. The van der Waals surface area contributed by atoms with Crippen LogP contribution in [-0.4, -0.2) is 80.4 Å². The van der Waals surface area contributed by atoms with Gasteiger partial charge in [-0.15, -0.1) is 24.9 Å². The molecule has 40 heavy (non-hydrogen) atoms. The number of carbonyl (C=O) groups excluding carboxylic acids is 3. The summed E-state index contributed by atoms with van der Waals surface area (Å²) in [5, 5.41) is 10.4. The molecule has 3 saturated heterocycles. The van der Waals surface area contributed by atoms with Gasteiger partial charge in [0.05, 0.1) is 29.2 Å². The highest BCUT2D eigenvalue weighted by molar-refractivity contribution is 8.02. The van der Waals surface area contributed by atoms with Crippen molar-refractivity contribution in [2.75, 3.05) is 31.1 Å². The van der Waals surface area contributed by atoms with Gasteiger partial charge in [-0.2, -0.15) is 0 Å². The first-order chi connectivity index (χ1) is 19.0. The number of carbonyl (C=O) groups is 3. The second-order valence-electron chi connectivity index (χ2n) is 11.8. The summed E-state index contributed by atoms with van der Waals surface area (Å²) in [5.74, 6) is -1.53. The van der Waals surface area contributed by atoms with Crippen molar-refractivity contribution in [2.24, 2.45) is 11.8 Å². The molecule has 3 aliphatic rings. The van der Waals surface area contributed by atoms with E-state index in [0.717, 1.165) is 29.7 Å². The number of amides is 3. The van der Waals surface area contributed by atoms with Crippen LogP contribution in [0.15, 0.2) is 43.5 Å². The van der Waals surface area contributed by atoms with Gasteiger partial charge in [-0.3, -0.25) is 14.4 Å². The molecule has 1 spiro atoms. The van der Waals surface area contributed by atoms with Gasteiger partial charge < -0.3 is 19.8 Å². The number of hydrogen-bond acceptors (Lipinski definition) is 5. The van der Waals surface area contributed by atoms with Gasteiger partial charge in [0.1, 0.15) is 6.04 Å². The van der Waals surface area contributed by atoms with Crippen LogP contribution in [0, 0.1) is 25.7 Å². The van der Waals surface area contributed by atoms with Gasteiger partial charge >= 0.3 is 0 Å². The molecule has 0 aromatic heterocycles. The lowest BCUT2D eigenvalue weighted by Gasteiger charge is -2.39. The Bertz CT molecular complexity index is 1180. The van der Waals surface area contributed by atoms with Crippen LogP contribution in [0.1, 0.15) is 57.6 Å². The van der Waals surface area contributed by atoms with Crippen LogP contribution >= 0.6 is 11.8 Å². The molecule has 218 valence electrons. The third-order valence-electron chi connectivity index (χ3n) is 9.18. The highest BCUT2D eigenvalue weighted by Crippen LogP contribution is 2.72. The summed E-state index contributed by atoms with van der Waals surface area (Å²) in [4.78, 5) is 48.7. The average molecular weight is 568 g/mol. The molecule has 1 N–H and O–H groups in total. The quantitative estimate of drug-likeness (QED) is 0.376. The number of anilines is 1. The van der Waals surface area contributed by atoms with Gasteiger partial charge in [0.15, 0.2) is 0 Å². The molecular weight excluding hydrogens is 522 g/mol. The first-order valence-corrected chi connectivity index (χ1v) is 15.4. The molecule has 3 amide bonds. The van der Waals surface area contributed by atoms with Gasteiger partial charge in [-0.25, -0.2) is 0 Å². The largest absolute Gasteiger partial charge is 0.394 e. The summed E-state index contributed by atoms with van der Waals surface area (Å²) >= 11 is 1.67. The number of fused-ring (bicyclic) bond motifs is 1. The smallest absolute Gasteiger partial charge is 0.251 e. The molecule has 0 aliphatic carbocycles. The Balaban J connectivity index is 1.86. The lowest BCUT2D eigenvalue weighted by molar-refractivity contribution is -0.146. The predicted molar refractivity (Wildman–Crippen MR) is 162 cm³/mol. The molecule has 1 aromatic rings. The molecule has 0 radical (unpaired) electrons. The van der Waals surface area contributed by atoms with Crippen molar-refractivity contribution >= 4 is 35.2 Å². The molecule has 3 heterocycles. The minimum Gasteiger partial charge on any atom is -0.394 e. The minimum absolute atomic E-state index is 0.0285. The van der Waals surface area contributed by atoms with Crippen LogP contribution in [0.4, 0.5) is 5.69 Å². The zero-order chi connectivity index (χ0) is 29.4. The topological polar surface area (TPSA) is 81.2 Å². The maximum absolute atomic E-state index is 14.8. The second-order valence-corrected chi connectivity index (χ2v) is 13.7. The van der Waals surface area contributed by atoms with E-state index in [0.29, 0.717) is 32.5 Å². The van der Waals surface area contributed by atoms with Crippen molar-refractivity contribution < 1.29 is 19.5 Å². The normalized spacial score (nSPS) is 29.3. The third-order valence-corrected chi connectivity index (χ3v) is 11.2. The number of aliphatic hydroxyl groups excluding tert-OH is 1. The number of aryl methyl sites for hydroxylation is 2. The van der Waals surface area contributed by atoms with Crippen molar-refractivity contribution in [3.8, 4) is 0 Å². The Labute approximate surface area is 243 Å². The number of likely N-dealkylation sites (tertiary alicyclic amines) is 1. The van der Waals surface area contributed by atoms with Crippen molar-refractivity contribution in [3.05, 3.63) is 54.6 Å². The molecule has 0 saturated carbocycles. The van der Waals surface area contributed by atoms with Crippen molar-refractivity contribution in [1.82, 2.24) is 9.80 Å². The number of hydrogen-bond donors (Lipinski definition) is 1. The Morgan fingerprint density at radius 3 is 2.48 bits per heavy atom. The second kappa shape index (κ2) is 11.7. The van der Waals surface area contributed by atoms with Crippen LogP contribution < -0.4 is 4.90 Å². The average Bonchev–Trinajstić information content (AvgIpc) is 3.50. The minimum atomic E-state index is -0.786. The first kappa shape index (κ1) is 30.4. The highest BCUT2D eigenvalue weighted by Gasteiger charge is 2.78. The molecule has 8 heteroatoms. The van der Waals surface area contributed by atoms with Crippen molar-refractivity contribution in [3.63, 3.8) is 0 Å². The van der Waals surface area contributed by atoms with Crippen LogP contribution in [0.3, 0.4) is 0 Å².